The first-order valence-corrected chi connectivity index (χ1v) is 7.90. The number of benzene rings is 1. The van der Waals surface area contributed by atoms with E-state index < -0.39 is 0 Å². The lowest BCUT2D eigenvalue weighted by Crippen LogP contribution is -2.49. The van der Waals surface area contributed by atoms with E-state index in [1.807, 2.05) is 47.4 Å². The van der Waals surface area contributed by atoms with Gasteiger partial charge in [-0.05, 0) is 29.8 Å². The Labute approximate surface area is 141 Å². The molecule has 124 valence electrons. The van der Waals surface area contributed by atoms with Gasteiger partial charge in [-0.15, -0.1) is 0 Å². The largest absolute Gasteiger partial charge is 0.399 e. The summed E-state index contributed by atoms with van der Waals surface area (Å²) in [6.45, 7) is 2.98. The van der Waals surface area contributed by atoms with Crippen LogP contribution in [0.2, 0.25) is 0 Å². The van der Waals surface area contributed by atoms with Gasteiger partial charge in [0.05, 0.1) is 6.21 Å². The molecule has 0 spiro atoms. The summed E-state index contributed by atoms with van der Waals surface area (Å²) in [5, 5.41) is 3.71. The van der Waals surface area contributed by atoms with E-state index in [2.05, 4.69) is 19.9 Å². The molecule has 3 rings (SSSR count). The number of hydrogen-bond donors (Lipinski definition) is 0. The van der Waals surface area contributed by atoms with Crippen molar-refractivity contribution in [2.75, 3.05) is 38.2 Å². The fraction of sp³-hybridized carbons (Fsp3) is 0.278. The Balaban J connectivity index is 1.60. The summed E-state index contributed by atoms with van der Waals surface area (Å²) in [5.74, 6) is 1.03. The molecule has 2 aromatic rings. The predicted molar refractivity (Wildman–Crippen MR) is 93.4 cm³/mol. The normalized spacial score (nSPS) is 14.9. The van der Waals surface area contributed by atoms with Gasteiger partial charge < -0.3 is 14.6 Å². The highest BCUT2D eigenvalue weighted by atomic mass is 16.6. The Morgan fingerprint density at radius 1 is 1.12 bits per heavy atom. The smallest absolute Gasteiger partial charge is 0.253 e. The molecule has 1 aliphatic heterocycles. The van der Waals surface area contributed by atoms with Crippen LogP contribution in [0.3, 0.4) is 0 Å². The molecule has 0 saturated carbocycles. The molecule has 0 bridgehead atoms. The third-order valence-electron chi connectivity index (χ3n) is 4.00. The maximum atomic E-state index is 12.6. The first kappa shape index (κ1) is 16.0. The first-order valence-electron chi connectivity index (χ1n) is 7.90. The van der Waals surface area contributed by atoms with Crippen molar-refractivity contribution < 1.29 is 9.63 Å². The van der Waals surface area contributed by atoms with Crippen molar-refractivity contribution in [2.45, 2.75) is 0 Å². The van der Waals surface area contributed by atoms with Crippen LogP contribution in [-0.4, -0.2) is 55.3 Å². The third-order valence-corrected chi connectivity index (χ3v) is 4.00. The fourth-order valence-corrected chi connectivity index (χ4v) is 2.69. The zero-order valence-corrected chi connectivity index (χ0v) is 13.6. The van der Waals surface area contributed by atoms with Gasteiger partial charge >= 0.3 is 0 Å². The van der Waals surface area contributed by atoms with Gasteiger partial charge in [0.2, 0.25) is 0 Å². The van der Waals surface area contributed by atoms with Gasteiger partial charge in [-0.25, -0.2) is 4.98 Å². The van der Waals surface area contributed by atoms with Crippen LogP contribution in [-0.2, 0) is 4.84 Å². The lowest BCUT2D eigenvalue weighted by atomic mass is 10.1. The molecular weight excluding hydrogens is 304 g/mol. The molecule has 6 heteroatoms. The molecule has 1 aromatic heterocycles. The topological polar surface area (TPSA) is 58.0 Å². The lowest BCUT2D eigenvalue weighted by molar-refractivity contribution is 0.0746. The van der Waals surface area contributed by atoms with Crippen LogP contribution in [0.25, 0.3) is 0 Å². The minimum atomic E-state index is 0.0610. The summed E-state index contributed by atoms with van der Waals surface area (Å²) >= 11 is 0. The number of carbonyl (C=O) groups excluding carboxylic acids is 1. The molecule has 24 heavy (non-hydrogen) atoms. The highest BCUT2D eigenvalue weighted by Crippen LogP contribution is 2.14. The van der Waals surface area contributed by atoms with E-state index in [1.54, 1.807) is 12.4 Å². The zero-order chi connectivity index (χ0) is 16.8. The molecule has 1 aliphatic rings. The number of nitrogens with zero attached hydrogens (tertiary/aromatic N) is 4. The Morgan fingerprint density at radius 3 is 2.50 bits per heavy atom. The molecular formula is C18H20N4O2. The van der Waals surface area contributed by atoms with E-state index >= 15 is 0 Å². The molecule has 0 radical (unpaired) electrons. The van der Waals surface area contributed by atoms with Crippen LogP contribution in [0.15, 0.2) is 53.8 Å². The fourth-order valence-electron chi connectivity index (χ4n) is 2.69. The van der Waals surface area contributed by atoms with E-state index in [1.165, 1.54) is 7.11 Å². The maximum absolute atomic E-state index is 12.6. The highest BCUT2D eigenvalue weighted by Gasteiger charge is 2.22. The molecule has 1 aromatic carbocycles. The summed E-state index contributed by atoms with van der Waals surface area (Å²) in [7, 11) is 1.50. The molecule has 0 aliphatic carbocycles. The number of hydrogen-bond acceptors (Lipinski definition) is 5. The second kappa shape index (κ2) is 7.59. The van der Waals surface area contributed by atoms with E-state index in [4.69, 9.17) is 0 Å². The molecule has 0 unspecified atom stereocenters. The minimum Gasteiger partial charge on any atom is -0.399 e. The summed E-state index contributed by atoms with van der Waals surface area (Å²) in [5.41, 5.74) is 1.59. The van der Waals surface area contributed by atoms with E-state index in [0.29, 0.717) is 18.7 Å². The van der Waals surface area contributed by atoms with Crippen molar-refractivity contribution in [3.8, 4) is 0 Å². The standard InChI is InChI=1S/C18H20N4O2/c1-24-20-14-15-5-7-16(8-6-15)18(23)22-12-10-21(11-13-22)17-4-2-3-9-19-17/h2-9,14H,10-13H2,1H3/b20-14+. The quantitative estimate of drug-likeness (QED) is 0.638. The van der Waals surface area contributed by atoms with Crippen LogP contribution in [0.1, 0.15) is 15.9 Å². The maximum Gasteiger partial charge on any atom is 0.253 e. The Morgan fingerprint density at radius 2 is 1.88 bits per heavy atom. The van der Waals surface area contributed by atoms with Crippen LogP contribution >= 0.6 is 0 Å². The monoisotopic (exact) mass is 324 g/mol. The van der Waals surface area contributed by atoms with Crippen molar-refractivity contribution in [1.82, 2.24) is 9.88 Å². The van der Waals surface area contributed by atoms with Gasteiger partial charge in [0.15, 0.2) is 0 Å². The van der Waals surface area contributed by atoms with Gasteiger partial charge in [0, 0.05) is 37.9 Å². The lowest BCUT2D eigenvalue weighted by Gasteiger charge is -2.35. The Bertz CT molecular complexity index is 693. The van der Waals surface area contributed by atoms with E-state index in [-0.39, 0.29) is 5.91 Å². The average Bonchev–Trinajstić information content (AvgIpc) is 2.67. The summed E-state index contributed by atoms with van der Waals surface area (Å²) in [6.07, 6.45) is 3.40. The van der Waals surface area contributed by atoms with E-state index in [9.17, 15) is 4.79 Å². The number of anilines is 1. The van der Waals surface area contributed by atoms with Gasteiger partial charge in [-0.1, -0.05) is 23.4 Å². The number of amides is 1. The number of aromatic nitrogens is 1. The van der Waals surface area contributed by atoms with Crippen molar-refractivity contribution in [2.24, 2.45) is 5.16 Å². The van der Waals surface area contributed by atoms with Crippen molar-refractivity contribution in [3.05, 3.63) is 59.8 Å². The Kier molecular flexibility index (Phi) is 5.05. The first-order chi connectivity index (χ1) is 11.8. The molecule has 0 N–H and O–H groups in total. The average molecular weight is 324 g/mol. The zero-order valence-electron chi connectivity index (χ0n) is 13.6. The molecule has 2 heterocycles. The summed E-state index contributed by atoms with van der Waals surface area (Å²) in [6, 6.07) is 13.3. The van der Waals surface area contributed by atoms with Crippen LogP contribution in [0, 0.1) is 0 Å². The van der Waals surface area contributed by atoms with Crippen molar-refractivity contribution >= 4 is 17.9 Å². The summed E-state index contributed by atoms with van der Waals surface area (Å²) < 4.78 is 0. The van der Waals surface area contributed by atoms with Crippen LogP contribution in [0.5, 0.6) is 0 Å². The second-order valence-corrected chi connectivity index (χ2v) is 5.51. The molecule has 1 saturated heterocycles. The van der Waals surface area contributed by atoms with Crippen molar-refractivity contribution in [3.63, 3.8) is 0 Å². The van der Waals surface area contributed by atoms with Gasteiger partial charge in [0.25, 0.3) is 5.91 Å². The summed E-state index contributed by atoms with van der Waals surface area (Å²) in [4.78, 5) is 25.7. The number of rotatable bonds is 4. The van der Waals surface area contributed by atoms with Gasteiger partial charge in [-0.3, -0.25) is 4.79 Å². The predicted octanol–water partition coefficient (Wildman–Crippen LogP) is 2.02. The van der Waals surface area contributed by atoms with Crippen molar-refractivity contribution in [1.29, 1.82) is 0 Å². The van der Waals surface area contributed by atoms with E-state index in [0.717, 1.165) is 24.5 Å². The molecule has 0 atom stereocenters. The molecule has 6 nitrogen and oxygen atoms in total. The molecule has 1 amide bonds. The second-order valence-electron chi connectivity index (χ2n) is 5.51. The Hall–Kier alpha value is -2.89. The highest BCUT2D eigenvalue weighted by molar-refractivity contribution is 5.95. The van der Waals surface area contributed by atoms with Gasteiger partial charge in [0.1, 0.15) is 12.9 Å². The number of carbonyl (C=O) groups is 1. The number of piperazine rings is 1. The number of pyridine rings is 1. The van der Waals surface area contributed by atoms with Crippen LogP contribution in [0.4, 0.5) is 5.82 Å². The SMILES string of the molecule is CO/N=C/c1ccc(C(=O)N2CCN(c3ccccn3)CC2)cc1. The van der Waals surface area contributed by atoms with Crippen LogP contribution < -0.4 is 4.90 Å². The van der Waals surface area contributed by atoms with Gasteiger partial charge in [-0.2, -0.15) is 0 Å². The third kappa shape index (κ3) is 3.71. The number of oxime groups is 1. The molecule has 1 fully saturated rings. The minimum absolute atomic E-state index is 0.0610.